The van der Waals surface area contributed by atoms with Gasteiger partial charge in [-0.05, 0) is 17.0 Å². The third-order valence-corrected chi connectivity index (χ3v) is 2.38. The van der Waals surface area contributed by atoms with Crippen molar-refractivity contribution < 1.29 is 0 Å². The van der Waals surface area contributed by atoms with E-state index in [9.17, 15) is 0 Å². The first kappa shape index (κ1) is 11.6. The second-order valence-corrected chi connectivity index (χ2v) is 4.45. The molecule has 0 radical (unpaired) electrons. The molecule has 0 atom stereocenters. The van der Waals surface area contributed by atoms with Crippen LogP contribution in [-0.2, 0) is 0 Å². The molecule has 0 spiro atoms. The molecule has 2 heterocycles. The molecule has 0 bridgehead atoms. The number of aromatic nitrogens is 7. The highest BCUT2D eigenvalue weighted by atomic mass is 15.5. The molecular weight excluding hydrogens is 218 g/mol. The molecule has 0 fully saturated rings. The fraction of sp³-hybridized carbons (Fsp3) is 0.600. The van der Waals surface area contributed by atoms with Gasteiger partial charge in [-0.15, -0.1) is 15.3 Å². The van der Waals surface area contributed by atoms with Crippen LogP contribution >= 0.6 is 0 Å². The molecular formula is C10H15N7. The molecule has 7 heteroatoms. The highest BCUT2D eigenvalue weighted by Crippen LogP contribution is 2.22. The van der Waals surface area contributed by atoms with Crippen LogP contribution in [0.15, 0.2) is 0 Å². The quantitative estimate of drug-likeness (QED) is 0.858. The summed E-state index contributed by atoms with van der Waals surface area (Å²) in [6.07, 6.45) is 0. The van der Waals surface area contributed by atoms with Crippen LogP contribution < -0.4 is 0 Å². The van der Waals surface area contributed by atoms with E-state index in [2.05, 4.69) is 63.5 Å². The summed E-state index contributed by atoms with van der Waals surface area (Å²) in [5.41, 5.74) is 1.86. The molecule has 90 valence electrons. The van der Waals surface area contributed by atoms with Gasteiger partial charge in [0.2, 0.25) is 11.6 Å². The van der Waals surface area contributed by atoms with Crippen LogP contribution in [-0.4, -0.2) is 35.8 Å². The lowest BCUT2D eigenvalue weighted by Gasteiger charge is -2.12. The minimum Gasteiger partial charge on any atom is -0.226 e. The molecule has 0 unspecified atom stereocenters. The van der Waals surface area contributed by atoms with Crippen LogP contribution in [0.3, 0.4) is 0 Å². The number of H-pyrrole nitrogens is 1. The SMILES string of the molecule is CC(C)c1nnc(-c2nn[nH]n2)nc1C(C)C. The Hall–Kier alpha value is -1.92. The van der Waals surface area contributed by atoms with Crippen molar-refractivity contribution in [3.63, 3.8) is 0 Å². The normalized spacial score (nSPS) is 11.4. The molecule has 17 heavy (non-hydrogen) atoms. The molecule has 2 aromatic rings. The van der Waals surface area contributed by atoms with Crippen molar-refractivity contribution in [3.05, 3.63) is 11.4 Å². The maximum atomic E-state index is 4.48. The first-order valence-electron chi connectivity index (χ1n) is 5.58. The van der Waals surface area contributed by atoms with Gasteiger partial charge in [-0.2, -0.15) is 10.3 Å². The Morgan fingerprint density at radius 3 is 2.06 bits per heavy atom. The minimum absolute atomic E-state index is 0.286. The largest absolute Gasteiger partial charge is 0.243 e. The number of hydrogen-bond acceptors (Lipinski definition) is 6. The van der Waals surface area contributed by atoms with E-state index in [-0.39, 0.29) is 5.92 Å². The second kappa shape index (κ2) is 4.52. The van der Waals surface area contributed by atoms with Gasteiger partial charge >= 0.3 is 0 Å². The zero-order valence-corrected chi connectivity index (χ0v) is 10.3. The van der Waals surface area contributed by atoms with Crippen LogP contribution in [0.25, 0.3) is 11.6 Å². The number of hydrogen-bond donors (Lipinski definition) is 1. The Kier molecular flexibility index (Phi) is 3.08. The van der Waals surface area contributed by atoms with E-state index in [0.717, 1.165) is 11.4 Å². The van der Waals surface area contributed by atoms with Crippen molar-refractivity contribution in [2.24, 2.45) is 0 Å². The zero-order chi connectivity index (χ0) is 12.4. The van der Waals surface area contributed by atoms with Crippen LogP contribution in [0, 0.1) is 0 Å². The summed E-state index contributed by atoms with van der Waals surface area (Å²) in [7, 11) is 0. The maximum Gasteiger partial charge on any atom is 0.243 e. The number of tetrazole rings is 1. The summed E-state index contributed by atoms with van der Waals surface area (Å²) in [5, 5.41) is 21.8. The van der Waals surface area contributed by atoms with Crippen LogP contribution in [0.2, 0.25) is 0 Å². The van der Waals surface area contributed by atoms with E-state index in [1.807, 2.05) is 0 Å². The van der Waals surface area contributed by atoms with Crippen molar-refractivity contribution in [1.29, 1.82) is 0 Å². The van der Waals surface area contributed by atoms with Gasteiger partial charge in [0.25, 0.3) is 0 Å². The highest BCUT2D eigenvalue weighted by molar-refractivity contribution is 5.40. The van der Waals surface area contributed by atoms with Gasteiger partial charge in [0, 0.05) is 0 Å². The third kappa shape index (κ3) is 2.27. The molecule has 0 aliphatic heterocycles. The summed E-state index contributed by atoms with van der Waals surface area (Å²) >= 11 is 0. The number of aromatic amines is 1. The molecule has 0 aromatic carbocycles. The van der Waals surface area contributed by atoms with Crippen LogP contribution in [0.5, 0.6) is 0 Å². The van der Waals surface area contributed by atoms with E-state index < -0.39 is 0 Å². The lowest BCUT2D eigenvalue weighted by atomic mass is 10.0. The predicted molar refractivity (Wildman–Crippen MR) is 61.2 cm³/mol. The van der Waals surface area contributed by atoms with Crippen molar-refractivity contribution >= 4 is 0 Å². The Labute approximate surface area is 99.1 Å². The summed E-state index contributed by atoms with van der Waals surface area (Å²) < 4.78 is 0. The predicted octanol–water partition coefficient (Wildman–Crippen LogP) is 1.30. The van der Waals surface area contributed by atoms with E-state index in [0.29, 0.717) is 17.6 Å². The Bertz CT molecular complexity index is 489. The molecule has 0 aliphatic carbocycles. The number of rotatable bonds is 3. The molecule has 0 saturated carbocycles. The van der Waals surface area contributed by atoms with Gasteiger partial charge in [-0.3, -0.25) is 0 Å². The standard InChI is InChI=1S/C10H15N7/c1-5(2)7-8(6(3)4)12-13-9(11-7)10-14-16-17-15-10/h5-6H,1-4H3,(H,14,15,16,17). The summed E-state index contributed by atoms with van der Waals surface area (Å²) in [6, 6.07) is 0. The van der Waals surface area contributed by atoms with Crippen molar-refractivity contribution in [2.45, 2.75) is 39.5 Å². The van der Waals surface area contributed by atoms with Gasteiger partial charge in [0.1, 0.15) is 0 Å². The van der Waals surface area contributed by atoms with Crippen molar-refractivity contribution in [3.8, 4) is 11.6 Å². The van der Waals surface area contributed by atoms with E-state index in [1.165, 1.54) is 0 Å². The summed E-state index contributed by atoms with van der Waals surface area (Å²) in [6.45, 7) is 8.31. The molecule has 2 aromatic heterocycles. The first-order chi connectivity index (χ1) is 8.09. The lowest BCUT2D eigenvalue weighted by Crippen LogP contribution is -2.09. The van der Waals surface area contributed by atoms with Gasteiger partial charge < -0.3 is 0 Å². The monoisotopic (exact) mass is 233 g/mol. The van der Waals surface area contributed by atoms with E-state index in [4.69, 9.17) is 0 Å². The second-order valence-electron chi connectivity index (χ2n) is 4.45. The van der Waals surface area contributed by atoms with E-state index >= 15 is 0 Å². The van der Waals surface area contributed by atoms with Gasteiger partial charge in [-0.1, -0.05) is 27.7 Å². The van der Waals surface area contributed by atoms with Gasteiger partial charge in [0.05, 0.1) is 11.4 Å². The zero-order valence-electron chi connectivity index (χ0n) is 10.3. The molecule has 0 amide bonds. The summed E-state index contributed by atoms with van der Waals surface area (Å²) in [5.74, 6) is 1.36. The smallest absolute Gasteiger partial charge is 0.226 e. The number of nitrogens with one attached hydrogen (secondary N) is 1. The fourth-order valence-electron chi connectivity index (χ4n) is 1.53. The Morgan fingerprint density at radius 2 is 1.53 bits per heavy atom. The van der Waals surface area contributed by atoms with Gasteiger partial charge in [0.15, 0.2) is 0 Å². The molecule has 0 saturated heterocycles. The summed E-state index contributed by atoms with van der Waals surface area (Å²) in [4.78, 5) is 4.48. The Morgan fingerprint density at radius 1 is 0.824 bits per heavy atom. The Balaban J connectivity index is 2.49. The first-order valence-corrected chi connectivity index (χ1v) is 5.58. The molecule has 2 rings (SSSR count). The number of nitrogens with zero attached hydrogens (tertiary/aromatic N) is 6. The molecule has 7 nitrogen and oxygen atoms in total. The average Bonchev–Trinajstić information content (AvgIpc) is 2.81. The maximum absolute atomic E-state index is 4.48. The van der Waals surface area contributed by atoms with Crippen LogP contribution in [0.4, 0.5) is 0 Å². The van der Waals surface area contributed by atoms with Crippen molar-refractivity contribution in [1.82, 2.24) is 35.8 Å². The fourth-order valence-corrected chi connectivity index (χ4v) is 1.53. The topological polar surface area (TPSA) is 93.1 Å². The minimum atomic E-state index is 0.286. The van der Waals surface area contributed by atoms with Crippen molar-refractivity contribution in [2.75, 3.05) is 0 Å². The molecule has 0 aliphatic rings. The van der Waals surface area contributed by atoms with Gasteiger partial charge in [-0.25, -0.2) is 4.98 Å². The van der Waals surface area contributed by atoms with E-state index in [1.54, 1.807) is 0 Å². The lowest BCUT2D eigenvalue weighted by molar-refractivity contribution is 0.696. The highest BCUT2D eigenvalue weighted by Gasteiger charge is 2.17. The van der Waals surface area contributed by atoms with Crippen LogP contribution in [0.1, 0.15) is 50.9 Å². The molecule has 1 N–H and O–H groups in total. The third-order valence-electron chi connectivity index (χ3n) is 2.38. The average molecular weight is 233 g/mol.